The van der Waals surface area contributed by atoms with Crippen molar-refractivity contribution in [3.63, 3.8) is 0 Å². The van der Waals surface area contributed by atoms with Crippen molar-refractivity contribution in [1.82, 2.24) is 5.32 Å². The van der Waals surface area contributed by atoms with Gasteiger partial charge in [0.05, 0.1) is 34.5 Å². The Kier molecular flexibility index (Phi) is 6.72. The fourth-order valence-electron chi connectivity index (χ4n) is 3.84. The molecule has 0 unspecified atom stereocenters. The lowest BCUT2D eigenvalue weighted by Gasteiger charge is -2.20. The van der Waals surface area contributed by atoms with Crippen LogP contribution in [0.2, 0.25) is 0 Å². The zero-order valence-corrected chi connectivity index (χ0v) is 18.1. The van der Waals surface area contributed by atoms with Gasteiger partial charge >= 0.3 is 0 Å². The smallest absolute Gasteiger partial charge is 0.235 e. The van der Waals surface area contributed by atoms with Crippen molar-refractivity contribution in [3.05, 3.63) is 45.6 Å². The van der Waals surface area contributed by atoms with E-state index in [4.69, 9.17) is 30.5 Å². The summed E-state index contributed by atoms with van der Waals surface area (Å²) in [5, 5.41) is 2.95. The molecule has 1 amide bonds. The summed E-state index contributed by atoms with van der Waals surface area (Å²) in [7, 11) is 6.09. The maximum absolute atomic E-state index is 12.5. The molecule has 0 heterocycles. The van der Waals surface area contributed by atoms with Crippen LogP contribution in [-0.2, 0) is 11.2 Å². The highest BCUT2D eigenvalue weighted by Crippen LogP contribution is 2.50. The lowest BCUT2D eigenvalue weighted by molar-refractivity contribution is -0.119. The van der Waals surface area contributed by atoms with Gasteiger partial charge in [0.1, 0.15) is 5.88 Å². The van der Waals surface area contributed by atoms with Crippen molar-refractivity contribution < 1.29 is 23.7 Å². The zero-order chi connectivity index (χ0) is 21.8. The largest absolute Gasteiger partial charge is 0.493 e. The molecule has 1 aliphatic rings. The maximum Gasteiger partial charge on any atom is 0.235 e. The van der Waals surface area contributed by atoms with Crippen LogP contribution in [0.5, 0.6) is 23.0 Å². The van der Waals surface area contributed by atoms with E-state index in [9.17, 15) is 9.59 Å². The van der Waals surface area contributed by atoms with E-state index in [1.165, 1.54) is 20.3 Å². The molecule has 0 aromatic heterocycles. The third-order valence-corrected chi connectivity index (χ3v) is 5.42. The Morgan fingerprint density at radius 1 is 1.03 bits per heavy atom. The summed E-state index contributed by atoms with van der Waals surface area (Å²) >= 11 is 5.73. The van der Waals surface area contributed by atoms with Crippen LogP contribution in [0.4, 0.5) is 0 Å². The molecule has 1 N–H and O–H groups in total. The third-order valence-electron chi connectivity index (χ3n) is 5.18. The molecule has 0 spiro atoms. The number of amides is 1. The number of rotatable bonds is 6. The molecule has 2 aromatic carbocycles. The average molecular weight is 434 g/mol. The Hall–Kier alpha value is -2.93. The standard InChI is InChI=1S/C22H24ClNO6/c1-27-17-10-14-13(6-8-16(17)25)20-12(5-7-15(14)24-19(26)11-23)9-18(28-2)21(29-3)22(20)30-4/h6,8-10,15H,5,7,11H2,1-4H3,(H,24,26)/t15-/m0/s1. The third kappa shape index (κ3) is 3.89. The average Bonchev–Trinajstić information content (AvgIpc) is 3.01. The number of carbonyl (C=O) groups is 1. The molecule has 0 saturated carbocycles. The van der Waals surface area contributed by atoms with Gasteiger partial charge < -0.3 is 24.3 Å². The summed E-state index contributed by atoms with van der Waals surface area (Å²) in [5.41, 5.74) is 2.93. The Morgan fingerprint density at radius 2 is 1.73 bits per heavy atom. The van der Waals surface area contributed by atoms with Gasteiger partial charge in [-0.25, -0.2) is 0 Å². The van der Waals surface area contributed by atoms with Crippen molar-refractivity contribution in [2.24, 2.45) is 0 Å². The van der Waals surface area contributed by atoms with Crippen LogP contribution in [0.25, 0.3) is 11.1 Å². The minimum atomic E-state index is -0.374. The number of aryl methyl sites for hydroxylation is 1. The second-order valence-electron chi connectivity index (χ2n) is 6.75. The first-order valence-corrected chi connectivity index (χ1v) is 9.92. The van der Waals surface area contributed by atoms with Crippen molar-refractivity contribution >= 4 is 17.5 Å². The lowest BCUT2D eigenvalue weighted by atomic mass is 9.95. The van der Waals surface area contributed by atoms with Crippen molar-refractivity contribution in [2.75, 3.05) is 34.3 Å². The van der Waals surface area contributed by atoms with Crippen LogP contribution < -0.4 is 29.7 Å². The van der Waals surface area contributed by atoms with Crippen LogP contribution in [-0.4, -0.2) is 40.2 Å². The van der Waals surface area contributed by atoms with Gasteiger partial charge in [-0.15, -0.1) is 11.6 Å². The second kappa shape index (κ2) is 9.26. The normalized spacial score (nSPS) is 14.6. The Bertz CT molecular complexity index is 1020. The van der Waals surface area contributed by atoms with Crippen molar-refractivity contribution in [3.8, 4) is 34.1 Å². The molecule has 2 aromatic rings. The number of nitrogens with one attached hydrogen (secondary N) is 1. The molecule has 0 fully saturated rings. The van der Waals surface area contributed by atoms with Crippen LogP contribution in [0.15, 0.2) is 29.1 Å². The van der Waals surface area contributed by atoms with Crippen LogP contribution in [0.3, 0.4) is 0 Å². The number of benzene rings is 1. The quantitative estimate of drug-likeness (QED) is 0.705. The topological polar surface area (TPSA) is 83.1 Å². The number of methoxy groups -OCH3 is 4. The highest BCUT2D eigenvalue weighted by Gasteiger charge is 2.29. The van der Waals surface area contributed by atoms with E-state index in [0.717, 1.165) is 22.3 Å². The molecule has 7 nitrogen and oxygen atoms in total. The first kappa shape index (κ1) is 21.8. The summed E-state index contributed by atoms with van der Waals surface area (Å²) in [5.74, 6) is 1.22. The molecule has 0 radical (unpaired) electrons. The number of ether oxygens (including phenoxy) is 4. The van der Waals surface area contributed by atoms with Crippen molar-refractivity contribution in [1.29, 1.82) is 0 Å². The zero-order valence-electron chi connectivity index (χ0n) is 17.3. The van der Waals surface area contributed by atoms with E-state index in [-0.39, 0.29) is 29.0 Å². The molecular weight excluding hydrogens is 410 g/mol. The van der Waals surface area contributed by atoms with Gasteiger partial charge in [0, 0.05) is 5.56 Å². The minimum Gasteiger partial charge on any atom is -0.493 e. The van der Waals surface area contributed by atoms with E-state index < -0.39 is 0 Å². The lowest BCUT2D eigenvalue weighted by Crippen LogP contribution is -2.29. The predicted octanol–water partition coefficient (Wildman–Crippen LogP) is 3.09. The van der Waals surface area contributed by atoms with E-state index in [0.29, 0.717) is 30.1 Å². The monoisotopic (exact) mass is 433 g/mol. The van der Waals surface area contributed by atoms with E-state index in [2.05, 4.69) is 5.32 Å². The Labute approximate surface area is 179 Å². The number of fused-ring (bicyclic) bond motifs is 3. The van der Waals surface area contributed by atoms with Gasteiger partial charge in [-0.2, -0.15) is 0 Å². The first-order chi connectivity index (χ1) is 14.5. The van der Waals surface area contributed by atoms with Crippen LogP contribution >= 0.6 is 11.6 Å². The molecule has 3 rings (SSSR count). The Morgan fingerprint density at radius 3 is 2.33 bits per heavy atom. The van der Waals surface area contributed by atoms with Crippen molar-refractivity contribution in [2.45, 2.75) is 18.9 Å². The highest BCUT2D eigenvalue weighted by atomic mass is 35.5. The molecule has 160 valence electrons. The maximum atomic E-state index is 12.5. The predicted molar refractivity (Wildman–Crippen MR) is 114 cm³/mol. The molecule has 8 heteroatoms. The summed E-state index contributed by atoms with van der Waals surface area (Å²) in [6, 6.07) is 6.36. The number of hydrogen-bond acceptors (Lipinski definition) is 6. The number of carbonyl (C=O) groups excluding carboxylic acids is 1. The molecule has 0 bridgehead atoms. The molecular formula is C22H24ClNO6. The van der Waals surface area contributed by atoms with Gasteiger partial charge in [-0.3, -0.25) is 9.59 Å². The molecule has 30 heavy (non-hydrogen) atoms. The number of halogens is 1. The van der Waals surface area contributed by atoms with Crippen LogP contribution in [0.1, 0.15) is 23.6 Å². The van der Waals surface area contributed by atoms with Gasteiger partial charge in [-0.05, 0) is 53.8 Å². The fraction of sp³-hybridized carbons (Fsp3) is 0.364. The van der Waals surface area contributed by atoms with E-state index in [1.54, 1.807) is 26.4 Å². The number of alkyl halides is 1. The summed E-state index contributed by atoms with van der Waals surface area (Å²) < 4.78 is 22.1. The van der Waals surface area contributed by atoms with Gasteiger partial charge in [0.2, 0.25) is 17.1 Å². The number of hydrogen-bond donors (Lipinski definition) is 1. The van der Waals surface area contributed by atoms with Gasteiger partial charge in [-0.1, -0.05) is 0 Å². The minimum absolute atomic E-state index is 0.160. The Balaban J connectivity index is 2.39. The molecule has 0 saturated heterocycles. The highest BCUT2D eigenvalue weighted by molar-refractivity contribution is 6.27. The molecule has 1 aliphatic carbocycles. The summed E-state index contributed by atoms with van der Waals surface area (Å²) in [6.07, 6.45) is 1.22. The molecule has 0 aliphatic heterocycles. The summed E-state index contributed by atoms with van der Waals surface area (Å²) in [4.78, 5) is 24.6. The first-order valence-electron chi connectivity index (χ1n) is 9.38. The van der Waals surface area contributed by atoms with E-state index in [1.807, 2.05) is 6.07 Å². The summed E-state index contributed by atoms with van der Waals surface area (Å²) in [6.45, 7) is 0. The van der Waals surface area contributed by atoms with E-state index >= 15 is 0 Å². The second-order valence-corrected chi connectivity index (χ2v) is 7.02. The fourth-order valence-corrected chi connectivity index (χ4v) is 3.92. The van der Waals surface area contributed by atoms with Gasteiger partial charge in [0.15, 0.2) is 17.2 Å². The molecule has 1 atom stereocenters. The van der Waals surface area contributed by atoms with Gasteiger partial charge in [0.25, 0.3) is 0 Å². The van der Waals surface area contributed by atoms with Crippen LogP contribution in [0, 0.1) is 0 Å². The SMILES string of the molecule is COc1cc2c(c(OC)c1OC)-c1ccc(=O)c(OC)cc1[C@@H](NC(=O)CCl)CC2.